The number of hydrogen-bond acceptors (Lipinski definition) is 5. The number of hydrogen-bond donors (Lipinski definition) is 1. The Bertz CT molecular complexity index is 700. The maximum absolute atomic E-state index is 5.81. The number of rotatable bonds is 3. The summed E-state index contributed by atoms with van der Waals surface area (Å²) in [4.78, 5) is 13.0. The lowest BCUT2D eigenvalue weighted by atomic mass is 10.1. The van der Waals surface area contributed by atoms with Gasteiger partial charge in [-0.2, -0.15) is 0 Å². The third-order valence-corrected chi connectivity index (χ3v) is 3.55. The first-order valence-electron chi connectivity index (χ1n) is 5.90. The molecule has 19 heavy (non-hydrogen) atoms. The maximum Gasteiger partial charge on any atom is 0.193 e. The minimum atomic E-state index is 0.492. The van der Waals surface area contributed by atoms with Crippen LogP contribution in [0, 0.1) is 0 Å². The minimum absolute atomic E-state index is 0.492. The first-order valence-corrected chi connectivity index (χ1v) is 6.72. The van der Waals surface area contributed by atoms with Crippen LogP contribution in [-0.2, 0) is 6.54 Å². The van der Waals surface area contributed by atoms with Crippen molar-refractivity contribution in [2.24, 2.45) is 5.73 Å². The van der Waals surface area contributed by atoms with Gasteiger partial charge in [-0.3, -0.25) is 0 Å². The summed E-state index contributed by atoms with van der Waals surface area (Å²) < 4.78 is 0. The van der Waals surface area contributed by atoms with Crippen molar-refractivity contribution in [2.75, 3.05) is 0 Å². The Morgan fingerprint density at radius 2 is 1.84 bits per heavy atom. The van der Waals surface area contributed by atoms with Crippen LogP contribution >= 0.6 is 11.8 Å². The normalized spacial score (nSPS) is 10.8. The lowest BCUT2D eigenvalue weighted by Gasteiger charge is -2.06. The Morgan fingerprint density at radius 3 is 2.63 bits per heavy atom. The zero-order valence-electron chi connectivity index (χ0n) is 10.2. The van der Waals surface area contributed by atoms with Crippen molar-refractivity contribution in [1.29, 1.82) is 0 Å². The molecule has 0 fully saturated rings. The Morgan fingerprint density at radius 1 is 1.05 bits per heavy atom. The molecule has 5 heteroatoms. The SMILES string of the molecule is NCc1cc(Sc2ncccn2)nc2ccccc12. The van der Waals surface area contributed by atoms with Gasteiger partial charge in [0.15, 0.2) is 5.16 Å². The Hall–Kier alpha value is -1.98. The summed E-state index contributed by atoms with van der Waals surface area (Å²) in [5.41, 5.74) is 7.85. The van der Waals surface area contributed by atoms with Gasteiger partial charge >= 0.3 is 0 Å². The molecule has 0 aliphatic carbocycles. The highest BCUT2D eigenvalue weighted by atomic mass is 32.2. The Labute approximate surface area is 115 Å². The van der Waals surface area contributed by atoms with E-state index in [0.717, 1.165) is 21.5 Å². The zero-order valence-corrected chi connectivity index (χ0v) is 11.0. The topological polar surface area (TPSA) is 64.7 Å². The summed E-state index contributed by atoms with van der Waals surface area (Å²) in [6.07, 6.45) is 3.44. The molecule has 0 saturated heterocycles. The van der Waals surface area contributed by atoms with E-state index in [2.05, 4.69) is 15.0 Å². The Kier molecular flexibility index (Phi) is 3.39. The molecular formula is C14H12N4S. The predicted octanol–water partition coefficient (Wildman–Crippen LogP) is 2.63. The summed E-state index contributed by atoms with van der Waals surface area (Å²) in [6, 6.07) is 11.8. The van der Waals surface area contributed by atoms with Crippen molar-refractivity contribution in [3.63, 3.8) is 0 Å². The van der Waals surface area contributed by atoms with Crippen molar-refractivity contribution >= 4 is 22.7 Å². The van der Waals surface area contributed by atoms with Gasteiger partial charge in [-0.25, -0.2) is 15.0 Å². The van der Waals surface area contributed by atoms with Crippen molar-refractivity contribution in [1.82, 2.24) is 15.0 Å². The molecule has 0 unspecified atom stereocenters. The first-order chi connectivity index (χ1) is 9.36. The summed E-state index contributed by atoms with van der Waals surface area (Å²) in [6.45, 7) is 0.492. The van der Waals surface area contributed by atoms with Gasteiger partial charge in [-0.1, -0.05) is 18.2 Å². The summed E-state index contributed by atoms with van der Waals surface area (Å²) in [5, 5.41) is 2.65. The molecule has 0 aliphatic rings. The molecule has 2 heterocycles. The lowest BCUT2D eigenvalue weighted by Crippen LogP contribution is -1.99. The van der Waals surface area contributed by atoms with Crippen molar-refractivity contribution in [3.05, 3.63) is 54.4 Å². The number of pyridine rings is 1. The van der Waals surface area contributed by atoms with E-state index in [1.165, 1.54) is 11.8 Å². The van der Waals surface area contributed by atoms with Crippen LogP contribution < -0.4 is 5.73 Å². The van der Waals surface area contributed by atoms with Crippen LogP contribution in [0.15, 0.2) is 59.0 Å². The molecule has 2 aromatic heterocycles. The summed E-state index contributed by atoms with van der Waals surface area (Å²) in [7, 11) is 0. The zero-order chi connectivity index (χ0) is 13.1. The Balaban J connectivity index is 2.05. The van der Waals surface area contributed by atoms with Crippen molar-refractivity contribution in [3.8, 4) is 0 Å². The van der Waals surface area contributed by atoms with Gasteiger partial charge in [-0.15, -0.1) is 0 Å². The van der Waals surface area contributed by atoms with Crippen LogP contribution in [-0.4, -0.2) is 15.0 Å². The van der Waals surface area contributed by atoms with E-state index in [4.69, 9.17) is 5.73 Å². The minimum Gasteiger partial charge on any atom is -0.326 e. The fraction of sp³-hybridized carbons (Fsp3) is 0.0714. The van der Waals surface area contributed by atoms with Crippen molar-refractivity contribution < 1.29 is 0 Å². The third-order valence-electron chi connectivity index (χ3n) is 2.74. The first kappa shape index (κ1) is 12.1. The van der Waals surface area contributed by atoms with Crippen molar-refractivity contribution in [2.45, 2.75) is 16.7 Å². The molecule has 94 valence electrons. The molecule has 0 saturated carbocycles. The van der Waals surface area contributed by atoms with E-state index in [1.54, 1.807) is 18.5 Å². The van der Waals surface area contributed by atoms with E-state index in [0.29, 0.717) is 11.7 Å². The van der Waals surface area contributed by atoms with Crippen LogP contribution in [0.5, 0.6) is 0 Å². The fourth-order valence-electron chi connectivity index (χ4n) is 1.87. The van der Waals surface area contributed by atoms with E-state index < -0.39 is 0 Å². The molecule has 3 aromatic rings. The number of aromatic nitrogens is 3. The predicted molar refractivity (Wildman–Crippen MR) is 75.8 cm³/mol. The molecule has 0 aliphatic heterocycles. The number of nitrogens with zero attached hydrogens (tertiary/aromatic N) is 3. The van der Waals surface area contributed by atoms with Gasteiger partial charge in [-0.05, 0) is 35.5 Å². The van der Waals surface area contributed by atoms with Crippen LogP contribution in [0.2, 0.25) is 0 Å². The molecular weight excluding hydrogens is 256 g/mol. The molecule has 0 bridgehead atoms. The lowest BCUT2D eigenvalue weighted by molar-refractivity contribution is 0.960. The summed E-state index contributed by atoms with van der Waals surface area (Å²) in [5.74, 6) is 0. The highest BCUT2D eigenvalue weighted by molar-refractivity contribution is 7.99. The summed E-state index contributed by atoms with van der Waals surface area (Å²) >= 11 is 1.44. The average molecular weight is 268 g/mol. The number of benzene rings is 1. The number of para-hydroxylation sites is 1. The average Bonchev–Trinajstić information content (AvgIpc) is 2.47. The molecule has 4 nitrogen and oxygen atoms in total. The van der Waals surface area contributed by atoms with Gasteiger partial charge in [0.2, 0.25) is 0 Å². The van der Waals surface area contributed by atoms with E-state index in [1.807, 2.05) is 30.3 Å². The number of nitrogens with two attached hydrogens (primary N) is 1. The largest absolute Gasteiger partial charge is 0.326 e. The molecule has 0 spiro atoms. The van der Waals surface area contributed by atoms with Crippen LogP contribution in [0.1, 0.15) is 5.56 Å². The second kappa shape index (κ2) is 5.34. The van der Waals surface area contributed by atoms with Crippen LogP contribution in [0.3, 0.4) is 0 Å². The number of fused-ring (bicyclic) bond motifs is 1. The van der Waals surface area contributed by atoms with E-state index in [9.17, 15) is 0 Å². The standard InChI is InChI=1S/C14H12N4S/c15-9-10-8-13(19-14-16-6-3-7-17-14)18-12-5-2-1-4-11(10)12/h1-8H,9,15H2. The van der Waals surface area contributed by atoms with Gasteiger partial charge in [0.1, 0.15) is 5.03 Å². The van der Waals surface area contributed by atoms with Gasteiger partial charge < -0.3 is 5.73 Å². The fourth-order valence-corrected chi connectivity index (χ4v) is 2.63. The highest BCUT2D eigenvalue weighted by Gasteiger charge is 2.06. The molecule has 2 N–H and O–H groups in total. The molecule has 0 atom stereocenters. The molecule has 0 radical (unpaired) electrons. The van der Waals surface area contributed by atoms with E-state index >= 15 is 0 Å². The second-order valence-electron chi connectivity index (χ2n) is 3.97. The van der Waals surface area contributed by atoms with E-state index in [-0.39, 0.29) is 0 Å². The quantitative estimate of drug-likeness (QED) is 0.740. The monoisotopic (exact) mass is 268 g/mol. The van der Waals surface area contributed by atoms with Gasteiger partial charge in [0, 0.05) is 24.3 Å². The van der Waals surface area contributed by atoms with Crippen LogP contribution in [0.25, 0.3) is 10.9 Å². The van der Waals surface area contributed by atoms with Crippen LogP contribution in [0.4, 0.5) is 0 Å². The smallest absolute Gasteiger partial charge is 0.193 e. The highest BCUT2D eigenvalue weighted by Crippen LogP contribution is 2.27. The third kappa shape index (κ3) is 2.57. The molecule has 0 amide bonds. The molecule has 1 aromatic carbocycles. The molecule has 3 rings (SSSR count). The maximum atomic E-state index is 5.81. The van der Waals surface area contributed by atoms with Gasteiger partial charge in [0.05, 0.1) is 5.52 Å². The second-order valence-corrected chi connectivity index (χ2v) is 4.96. The van der Waals surface area contributed by atoms with Gasteiger partial charge in [0.25, 0.3) is 0 Å².